The normalized spacial score (nSPS) is 20.3. The lowest BCUT2D eigenvalue weighted by atomic mass is 10.2. The van der Waals surface area contributed by atoms with Gasteiger partial charge >= 0.3 is 5.97 Å². The number of nitrogens with zero attached hydrogens (tertiary/aromatic N) is 1. The maximum atomic E-state index is 12.2. The van der Waals surface area contributed by atoms with Crippen molar-refractivity contribution in [2.75, 3.05) is 31.1 Å². The molecule has 1 unspecified atom stereocenters. The van der Waals surface area contributed by atoms with E-state index in [-0.39, 0.29) is 24.4 Å². The van der Waals surface area contributed by atoms with Crippen molar-refractivity contribution in [3.05, 3.63) is 0 Å². The predicted octanol–water partition coefficient (Wildman–Crippen LogP) is 0.261. The molecule has 98 valence electrons. The van der Waals surface area contributed by atoms with Crippen LogP contribution in [0, 0.1) is 5.92 Å². The largest absolute Gasteiger partial charge is 0.480 e. The van der Waals surface area contributed by atoms with Crippen LogP contribution in [0.2, 0.25) is 0 Å². The van der Waals surface area contributed by atoms with Crippen LogP contribution < -0.4 is 5.32 Å². The Kier molecular flexibility index (Phi) is 5.77. The van der Waals surface area contributed by atoms with Crippen LogP contribution in [0.15, 0.2) is 0 Å². The summed E-state index contributed by atoms with van der Waals surface area (Å²) in [6.07, 6.45) is 0. The van der Waals surface area contributed by atoms with Gasteiger partial charge < -0.3 is 15.3 Å². The fourth-order valence-electron chi connectivity index (χ4n) is 1.78. The molecular formula is C11H20N2O3S. The number of aliphatic carboxylic acids is 1. The fourth-order valence-corrected chi connectivity index (χ4v) is 2.71. The van der Waals surface area contributed by atoms with E-state index in [2.05, 4.69) is 5.32 Å². The second-order valence-electron chi connectivity index (χ2n) is 4.59. The quantitative estimate of drug-likeness (QED) is 0.742. The van der Waals surface area contributed by atoms with E-state index >= 15 is 0 Å². The van der Waals surface area contributed by atoms with Crippen molar-refractivity contribution in [2.45, 2.75) is 19.9 Å². The van der Waals surface area contributed by atoms with Gasteiger partial charge in [0.1, 0.15) is 6.54 Å². The van der Waals surface area contributed by atoms with Crippen molar-refractivity contribution in [2.24, 2.45) is 5.92 Å². The summed E-state index contributed by atoms with van der Waals surface area (Å²) in [5, 5.41) is 12.0. The van der Waals surface area contributed by atoms with Crippen LogP contribution in [-0.2, 0) is 9.59 Å². The Labute approximate surface area is 106 Å². The van der Waals surface area contributed by atoms with Gasteiger partial charge in [0, 0.05) is 24.6 Å². The minimum Gasteiger partial charge on any atom is -0.480 e. The molecule has 5 nitrogen and oxygen atoms in total. The van der Waals surface area contributed by atoms with E-state index in [1.54, 1.807) is 11.8 Å². The van der Waals surface area contributed by atoms with E-state index in [0.29, 0.717) is 6.54 Å². The van der Waals surface area contributed by atoms with Crippen molar-refractivity contribution in [1.29, 1.82) is 0 Å². The Bertz CT molecular complexity index is 278. The van der Waals surface area contributed by atoms with Crippen molar-refractivity contribution in [3.63, 3.8) is 0 Å². The van der Waals surface area contributed by atoms with Gasteiger partial charge in [-0.15, -0.1) is 0 Å². The molecule has 1 aliphatic rings. The number of hydrogen-bond acceptors (Lipinski definition) is 4. The van der Waals surface area contributed by atoms with Gasteiger partial charge in [0.15, 0.2) is 0 Å². The summed E-state index contributed by atoms with van der Waals surface area (Å²) in [6.45, 7) is 5.05. The molecule has 1 heterocycles. The van der Waals surface area contributed by atoms with Crippen molar-refractivity contribution < 1.29 is 14.7 Å². The van der Waals surface area contributed by atoms with Crippen LogP contribution in [0.4, 0.5) is 0 Å². The molecule has 0 aromatic heterocycles. The third-order valence-electron chi connectivity index (χ3n) is 2.44. The van der Waals surface area contributed by atoms with Crippen molar-refractivity contribution in [1.82, 2.24) is 10.2 Å². The Balaban J connectivity index is 2.60. The summed E-state index contributed by atoms with van der Waals surface area (Å²) in [5.74, 6) is 0.963. The molecule has 6 heteroatoms. The predicted molar refractivity (Wildman–Crippen MR) is 68.2 cm³/mol. The number of thioether (sulfide) groups is 1. The summed E-state index contributed by atoms with van der Waals surface area (Å²) in [5.41, 5.74) is 0. The van der Waals surface area contributed by atoms with E-state index < -0.39 is 5.97 Å². The molecule has 0 radical (unpaired) electrons. The van der Waals surface area contributed by atoms with Gasteiger partial charge in [0.05, 0.1) is 6.04 Å². The van der Waals surface area contributed by atoms with Crippen LogP contribution in [-0.4, -0.2) is 59.1 Å². The standard InChI is InChI=1S/C11H20N2O3S/c1-8(2)5-13(6-10(14)15)11(16)9-7-17-4-3-12-9/h8-9,12H,3-7H2,1-2H3,(H,14,15). The molecule has 17 heavy (non-hydrogen) atoms. The molecule has 1 saturated heterocycles. The fraction of sp³-hybridized carbons (Fsp3) is 0.818. The summed E-state index contributed by atoms with van der Waals surface area (Å²) < 4.78 is 0. The Morgan fingerprint density at radius 1 is 1.53 bits per heavy atom. The topological polar surface area (TPSA) is 69.6 Å². The number of carbonyl (C=O) groups excluding carboxylic acids is 1. The molecule has 0 bridgehead atoms. The highest BCUT2D eigenvalue weighted by atomic mass is 32.2. The molecule has 1 rings (SSSR count). The zero-order chi connectivity index (χ0) is 12.8. The summed E-state index contributed by atoms with van der Waals surface area (Å²) in [6, 6.07) is -0.230. The molecule has 0 aromatic rings. The summed E-state index contributed by atoms with van der Waals surface area (Å²) in [4.78, 5) is 24.4. The van der Waals surface area contributed by atoms with E-state index in [9.17, 15) is 9.59 Å². The Morgan fingerprint density at radius 2 is 2.24 bits per heavy atom. The van der Waals surface area contributed by atoms with E-state index in [4.69, 9.17) is 5.11 Å². The maximum Gasteiger partial charge on any atom is 0.323 e. The number of nitrogens with one attached hydrogen (secondary N) is 1. The van der Waals surface area contributed by atoms with Gasteiger partial charge in [-0.25, -0.2) is 0 Å². The average molecular weight is 260 g/mol. The zero-order valence-corrected chi connectivity index (χ0v) is 11.1. The minimum atomic E-state index is -0.956. The third kappa shape index (κ3) is 4.95. The van der Waals surface area contributed by atoms with E-state index in [1.165, 1.54) is 4.90 Å². The van der Waals surface area contributed by atoms with Crippen LogP contribution in [0.25, 0.3) is 0 Å². The minimum absolute atomic E-state index is 0.0895. The average Bonchev–Trinajstić information content (AvgIpc) is 2.27. The van der Waals surface area contributed by atoms with Crippen LogP contribution in [0.5, 0.6) is 0 Å². The highest BCUT2D eigenvalue weighted by Gasteiger charge is 2.27. The lowest BCUT2D eigenvalue weighted by Crippen LogP contribution is -2.52. The summed E-state index contributed by atoms with van der Waals surface area (Å²) >= 11 is 1.73. The monoisotopic (exact) mass is 260 g/mol. The molecule has 0 aliphatic carbocycles. The second kappa shape index (κ2) is 6.86. The number of carbonyl (C=O) groups is 2. The molecule has 1 fully saturated rings. The smallest absolute Gasteiger partial charge is 0.323 e. The molecule has 1 amide bonds. The van der Waals surface area contributed by atoms with E-state index in [0.717, 1.165) is 18.1 Å². The highest BCUT2D eigenvalue weighted by molar-refractivity contribution is 7.99. The van der Waals surface area contributed by atoms with Gasteiger partial charge in [-0.1, -0.05) is 13.8 Å². The van der Waals surface area contributed by atoms with Gasteiger partial charge in [0.2, 0.25) is 5.91 Å². The first-order chi connectivity index (χ1) is 8.00. The number of carboxylic acid groups (broad SMARTS) is 1. The number of hydrogen-bond donors (Lipinski definition) is 2. The molecule has 1 atom stereocenters. The van der Waals surface area contributed by atoms with Gasteiger partial charge in [-0.2, -0.15) is 11.8 Å². The second-order valence-corrected chi connectivity index (χ2v) is 5.74. The van der Waals surface area contributed by atoms with Gasteiger partial charge in [-0.05, 0) is 5.92 Å². The molecular weight excluding hydrogens is 240 g/mol. The van der Waals surface area contributed by atoms with Crippen LogP contribution >= 0.6 is 11.8 Å². The summed E-state index contributed by atoms with van der Waals surface area (Å²) in [7, 11) is 0. The van der Waals surface area contributed by atoms with Gasteiger partial charge in [0.25, 0.3) is 0 Å². The Morgan fingerprint density at radius 3 is 2.71 bits per heavy atom. The SMILES string of the molecule is CC(C)CN(CC(=O)O)C(=O)C1CSCCN1. The van der Waals surface area contributed by atoms with E-state index in [1.807, 2.05) is 13.8 Å². The number of carboxylic acids is 1. The van der Waals surface area contributed by atoms with Crippen LogP contribution in [0.3, 0.4) is 0 Å². The first kappa shape index (κ1) is 14.3. The Hall–Kier alpha value is -0.750. The highest BCUT2D eigenvalue weighted by Crippen LogP contribution is 2.11. The third-order valence-corrected chi connectivity index (χ3v) is 3.50. The van der Waals surface area contributed by atoms with Crippen molar-refractivity contribution in [3.8, 4) is 0 Å². The lowest BCUT2D eigenvalue weighted by molar-refractivity contribution is -0.145. The first-order valence-electron chi connectivity index (χ1n) is 5.82. The first-order valence-corrected chi connectivity index (χ1v) is 6.98. The molecule has 0 aromatic carbocycles. The molecule has 1 aliphatic heterocycles. The molecule has 0 spiro atoms. The molecule has 0 saturated carbocycles. The zero-order valence-electron chi connectivity index (χ0n) is 10.3. The lowest BCUT2D eigenvalue weighted by Gasteiger charge is -2.29. The van der Waals surface area contributed by atoms with Crippen molar-refractivity contribution >= 4 is 23.6 Å². The maximum absolute atomic E-state index is 12.2. The van der Waals surface area contributed by atoms with Crippen LogP contribution in [0.1, 0.15) is 13.8 Å². The number of rotatable bonds is 5. The molecule has 2 N–H and O–H groups in total. The number of amides is 1. The van der Waals surface area contributed by atoms with Gasteiger partial charge in [-0.3, -0.25) is 9.59 Å².